The minimum absolute atomic E-state index is 0.0377. The fraction of sp³-hybridized carbons (Fsp3) is 0.222. The number of carbonyl (C=O) groups is 1. The summed E-state index contributed by atoms with van der Waals surface area (Å²) in [4.78, 5) is 15.2. The van der Waals surface area contributed by atoms with Crippen LogP contribution in [0.1, 0.15) is 5.56 Å². The number of aromatic nitrogens is 4. The van der Waals surface area contributed by atoms with Gasteiger partial charge < -0.3 is 10.2 Å². The van der Waals surface area contributed by atoms with Crippen molar-refractivity contribution in [2.45, 2.75) is 13.1 Å². The monoisotopic (exact) mass is 354 g/mol. The predicted molar refractivity (Wildman–Crippen MR) is 95.8 cm³/mol. The van der Waals surface area contributed by atoms with E-state index in [1.165, 1.54) is 16.9 Å². The molecule has 0 bridgehead atoms. The maximum Gasteiger partial charge on any atom is 0.243 e. The number of hydrogen-bond acceptors (Lipinski definition) is 5. The average Bonchev–Trinajstić information content (AvgIpc) is 3.10. The normalized spacial score (nSPS) is 10.6. The summed E-state index contributed by atoms with van der Waals surface area (Å²) < 4.78 is 12.9. The van der Waals surface area contributed by atoms with Crippen LogP contribution in [0.3, 0.4) is 0 Å². The molecule has 1 amide bonds. The van der Waals surface area contributed by atoms with Gasteiger partial charge >= 0.3 is 0 Å². The smallest absolute Gasteiger partial charge is 0.243 e. The van der Waals surface area contributed by atoms with Crippen molar-refractivity contribution >= 4 is 11.6 Å². The lowest BCUT2D eigenvalue weighted by Crippen LogP contribution is -2.28. The molecular weight excluding hydrogens is 335 g/mol. The van der Waals surface area contributed by atoms with E-state index in [4.69, 9.17) is 0 Å². The predicted octanol–water partition coefficient (Wildman–Crippen LogP) is 1.86. The van der Waals surface area contributed by atoms with Gasteiger partial charge in [0.05, 0.1) is 0 Å². The summed E-state index contributed by atoms with van der Waals surface area (Å²) in [6, 6.07) is 13.7. The molecule has 8 heteroatoms. The molecule has 3 rings (SSSR count). The number of carbonyl (C=O) groups excluding carboxylic acids is 1. The number of halogens is 1. The highest BCUT2D eigenvalue weighted by Gasteiger charge is 2.09. The van der Waals surface area contributed by atoms with Crippen LogP contribution >= 0.6 is 0 Å². The zero-order valence-electron chi connectivity index (χ0n) is 14.6. The van der Waals surface area contributed by atoms with Gasteiger partial charge in [-0.15, -0.1) is 10.2 Å². The van der Waals surface area contributed by atoms with Crippen molar-refractivity contribution in [1.29, 1.82) is 0 Å². The van der Waals surface area contributed by atoms with E-state index < -0.39 is 0 Å². The van der Waals surface area contributed by atoms with Crippen LogP contribution in [0.5, 0.6) is 0 Å². The largest absolute Gasteiger partial charge is 0.378 e. The Morgan fingerprint density at radius 2 is 1.81 bits per heavy atom. The Kier molecular flexibility index (Phi) is 5.21. The first-order chi connectivity index (χ1) is 12.5. The maximum absolute atomic E-state index is 12.9. The Bertz CT molecular complexity index is 873. The first-order valence-corrected chi connectivity index (χ1v) is 8.08. The zero-order chi connectivity index (χ0) is 18.5. The average molecular weight is 354 g/mol. The molecule has 0 atom stereocenters. The SMILES string of the molecule is CN(C)c1ccc(-c2nnn(CC(=O)NCc3ccc(F)cc3)n2)cc1. The first kappa shape index (κ1) is 17.5. The van der Waals surface area contributed by atoms with Gasteiger partial charge in [-0.1, -0.05) is 12.1 Å². The minimum Gasteiger partial charge on any atom is -0.378 e. The van der Waals surface area contributed by atoms with Crippen molar-refractivity contribution in [2.24, 2.45) is 0 Å². The maximum atomic E-state index is 12.9. The summed E-state index contributed by atoms with van der Waals surface area (Å²) in [6.07, 6.45) is 0. The van der Waals surface area contributed by atoms with E-state index in [2.05, 4.69) is 20.7 Å². The molecular formula is C18H19FN6O. The van der Waals surface area contributed by atoms with Gasteiger partial charge in [0.25, 0.3) is 0 Å². The standard InChI is InChI=1S/C18H19FN6O/c1-24(2)16-9-5-14(6-10-16)18-21-23-25(22-18)12-17(26)20-11-13-3-7-15(19)8-4-13/h3-10H,11-12H2,1-2H3,(H,20,26). The Hall–Kier alpha value is -3.29. The number of tetrazole rings is 1. The van der Waals surface area contributed by atoms with Crippen LogP contribution in [0, 0.1) is 5.82 Å². The molecule has 134 valence electrons. The Labute approximate surface area is 150 Å². The van der Waals surface area contributed by atoms with Crippen molar-refractivity contribution < 1.29 is 9.18 Å². The van der Waals surface area contributed by atoms with Crippen LogP contribution in [0.4, 0.5) is 10.1 Å². The summed E-state index contributed by atoms with van der Waals surface area (Å²) in [6.45, 7) is 0.274. The molecule has 0 saturated heterocycles. The Morgan fingerprint density at radius 3 is 2.46 bits per heavy atom. The highest BCUT2D eigenvalue weighted by Crippen LogP contribution is 2.18. The van der Waals surface area contributed by atoms with Gasteiger partial charge in [0, 0.05) is 31.9 Å². The van der Waals surface area contributed by atoms with E-state index in [1.807, 2.05) is 43.3 Å². The zero-order valence-corrected chi connectivity index (χ0v) is 14.6. The van der Waals surface area contributed by atoms with E-state index >= 15 is 0 Å². The van der Waals surface area contributed by atoms with Gasteiger partial charge in [-0.05, 0) is 47.2 Å². The fourth-order valence-electron chi connectivity index (χ4n) is 2.32. The lowest BCUT2D eigenvalue weighted by Gasteiger charge is -2.11. The van der Waals surface area contributed by atoms with Gasteiger partial charge in [-0.2, -0.15) is 4.80 Å². The third-order valence-corrected chi connectivity index (χ3v) is 3.78. The first-order valence-electron chi connectivity index (χ1n) is 8.08. The molecule has 0 aliphatic heterocycles. The van der Waals surface area contributed by atoms with Crippen LogP contribution in [-0.2, 0) is 17.9 Å². The Balaban J connectivity index is 1.57. The van der Waals surface area contributed by atoms with Gasteiger partial charge in [0.2, 0.25) is 11.7 Å². The van der Waals surface area contributed by atoms with Gasteiger partial charge in [-0.3, -0.25) is 4.79 Å². The molecule has 7 nitrogen and oxygen atoms in total. The minimum atomic E-state index is -0.307. The van der Waals surface area contributed by atoms with E-state index in [0.717, 1.165) is 16.8 Å². The number of amides is 1. The van der Waals surface area contributed by atoms with E-state index in [9.17, 15) is 9.18 Å². The third kappa shape index (κ3) is 4.41. The molecule has 0 saturated carbocycles. The van der Waals surface area contributed by atoms with Gasteiger partial charge in [0.1, 0.15) is 12.4 Å². The molecule has 1 N–H and O–H groups in total. The molecule has 3 aromatic rings. The molecule has 1 heterocycles. The molecule has 0 radical (unpaired) electrons. The summed E-state index contributed by atoms with van der Waals surface area (Å²) in [5.41, 5.74) is 2.71. The molecule has 0 aliphatic rings. The van der Waals surface area contributed by atoms with Gasteiger partial charge in [-0.25, -0.2) is 4.39 Å². The van der Waals surface area contributed by atoms with E-state index in [-0.39, 0.29) is 18.3 Å². The lowest BCUT2D eigenvalue weighted by atomic mass is 10.2. The molecule has 2 aromatic carbocycles. The fourth-order valence-corrected chi connectivity index (χ4v) is 2.32. The molecule has 0 fully saturated rings. The number of nitrogens with one attached hydrogen (secondary N) is 1. The molecule has 1 aromatic heterocycles. The number of anilines is 1. The van der Waals surface area contributed by atoms with Crippen molar-refractivity contribution in [3.63, 3.8) is 0 Å². The third-order valence-electron chi connectivity index (χ3n) is 3.78. The number of hydrogen-bond donors (Lipinski definition) is 1. The second-order valence-electron chi connectivity index (χ2n) is 5.99. The second kappa shape index (κ2) is 7.73. The van der Waals surface area contributed by atoms with Crippen molar-refractivity contribution in [3.05, 3.63) is 59.9 Å². The summed E-state index contributed by atoms with van der Waals surface area (Å²) in [7, 11) is 3.93. The van der Waals surface area contributed by atoms with Crippen molar-refractivity contribution in [3.8, 4) is 11.4 Å². The van der Waals surface area contributed by atoms with Crippen LogP contribution < -0.4 is 10.2 Å². The summed E-state index contributed by atoms with van der Waals surface area (Å²) in [5.74, 6) is -0.0964. The van der Waals surface area contributed by atoms with Crippen LogP contribution in [0.2, 0.25) is 0 Å². The summed E-state index contributed by atoms with van der Waals surface area (Å²) >= 11 is 0. The van der Waals surface area contributed by atoms with Crippen LogP contribution in [-0.4, -0.2) is 40.2 Å². The van der Waals surface area contributed by atoms with E-state index in [0.29, 0.717) is 12.4 Å². The Morgan fingerprint density at radius 1 is 1.12 bits per heavy atom. The highest BCUT2D eigenvalue weighted by atomic mass is 19.1. The molecule has 26 heavy (non-hydrogen) atoms. The highest BCUT2D eigenvalue weighted by molar-refractivity contribution is 5.75. The number of benzene rings is 2. The van der Waals surface area contributed by atoms with Crippen molar-refractivity contribution in [2.75, 3.05) is 19.0 Å². The van der Waals surface area contributed by atoms with Crippen molar-refractivity contribution in [1.82, 2.24) is 25.5 Å². The van der Waals surface area contributed by atoms with Crippen LogP contribution in [0.25, 0.3) is 11.4 Å². The van der Waals surface area contributed by atoms with E-state index in [1.54, 1.807) is 12.1 Å². The lowest BCUT2D eigenvalue weighted by molar-refractivity contribution is -0.122. The number of rotatable bonds is 6. The molecule has 0 spiro atoms. The van der Waals surface area contributed by atoms with Crippen LogP contribution in [0.15, 0.2) is 48.5 Å². The molecule has 0 aliphatic carbocycles. The number of nitrogens with zero attached hydrogens (tertiary/aromatic N) is 5. The second-order valence-corrected chi connectivity index (χ2v) is 5.99. The van der Waals surface area contributed by atoms with Gasteiger partial charge in [0.15, 0.2) is 0 Å². The molecule has 0 unspecified atom stereocenters. The summed E-state index contributed by atoms with van der Waals surface area (Å²) in [5, 5.41) is 14.9. The quantitative estimate of drug-likeness (QED) is 0.731. The topological polar surface area (TPSA) is 75.9 Å².